The van der Waals surface area contributed by atoms with Gasteiger partial charge in [-0.25, -0.2) is 4.68 Å². The average molecular weight is 409 g/mol. The summed E-state index contributed by atoms with van der Waals surface area (Å²) in [4.78, 5) is 17.5. The molecule has 2 aromatic rings. The first kappa shape index (κ1) is 21.1. The van der Waals surface area contributed by atoms with E-state index in [1.165, 1.54) is 36.1 Å². The molecule has 1 aliphatic heterocycles. The van der Waals surface area contributed by atoms with Crippen LogP contribution in [0.5, 0.6) is 0 Å². The Balaban J connectivity index is 1.61. The molecule has 2 aliphatic rings. The number of fused-ring (bicyclic) bond motifs is 1. The van der Waals surface area contributed by atoms with Gasteiger partial charge in [-0.15, -0.1) is 0 Å². The normalized spacial score (nSPS) is 17.7. The molecule has 162 valence electrons. The second-order valence-corrected chi connectivity index (χ2v) is 9.17. The topological polar surface area (TPSA) is 41.4 Å². The first-order valence-electron chi connectivity index (χ1n) is 11.7. The number of hydrogen-bond donors (Lipinski definition) is 0. The molecule has 1 fully saturated rings. The van der Waals surface area contributed by atoms with Gasteiger partial charge in [0.25, 0.3) is 0 Å². The molecule has 30 heavy (non-hydrogen) atoms. The van der Waals surface area contributed by atoms with Crippen molar-refractivity contribution >= 4 is 5.91 Å². The number of carbonyl (C=O) groups is 1. The minimum absolute atomic E-state index is 0.204. The van der Waals surface area contributed by atoms with Crippen LogP contribution in [-0.4, -0.2) is 45.6 Å². The molecule has 2 heterocycles. The third-order valence-electron chi connectivity index (χ3n) is 6.76. The SMILES string of the molecule is CCCN1CCc2c(c(CN(C)C(=O)C3CCCCC3)nn2-c2ccc(C)cc2)C1. The van der Waals surface area contributed by atoms with Crippen LogP contribution in [0.4, 0.5) is 0 Å². The first-order valence-corrected chi connectivity index (χ1v) is 11.7. The summed E-state index contributed by atoms with van der Waals surface area (Å²) in [5, 5.41) is 5.05. The summed E-state index contributed by atoms with van der Waals surface area (Å²) in [6.45, 7) is 8.09. The Morgan fingerprint density at radius 2 is 1.90 bits per heavy atom. The molecular formula is C25H36N4O. The van der Waals surface area contributed by atoms with Crippen molar-refractivity contribution < 1.29 is 4.79 Å². The van der Waals surface area contributed by atoms with Crippen LogP contribution in [0.1, 0.15) is 68.0 Å². The first-order chi connectivity index (χ1) is 14.6. The lowest BCUT2D eigenvalue weighted by Crippen LogP contribution is -2.35. The van der Waals surface area contributed by atoms with Crippen LogP contribution in [0.15, 0.2) is 24.3 Å². The molecule has 0 atom stereocenters. The molecule has 1 saturated carbocycles. The molecule has 5 nitrogen and oxygen atoms in total. The van der Waals surface area contributed by atoms with Crippen LogP contribution in [-0.2, 0) is 24.3 Å². The van der Waals surface area contributed by atoms with E-state index in [2.05, 4.69) is 47.7 Å². The highest BCUT2D eigenvalue weighted by molar-refractivity contribution is 5.78. The summed E-state index contributed by atoms with van der Waals surface area (Å²) in [6.07, 6.45) is 7.91. The molecule has 0 bridgehead atoms. The lowest BCUT2D eigenvalue weighted by Gasteiger charge is -2.28. The number of nitrogens with zero attached hydrogens (tertiary/aromatic N) is 4. The molecule has 0 spiro atoms. The molecule has 4 rings (SSSR count). The highest BCUT2D eigenvalue weighted by Gasteiger charge is 2.28. The minimum atomic E-state index is 0.204. The zero-order valence-corrected chi connectivity index (χ0v) is 18.9. The highest BCUT2D eigenvalue weighted by atomic mass is 16.2. The Bertz CT molecular complexity index is 864. The van der Waals surface area contributed by atoms with Gasteiger partial charge in [0.05, 0.1) is 23.6 Å². The van der Waals surface area contributed by atoms with Crippen molar-refractivity contribution in [3.8, 4) is 5.69 Å². The van der Waals surface area contributed by atoms with E-state index < -0.39 is 0 Å². The van der Waals surface area contributed by atoms with Gasteiger partial charge in [0.2, 0.25) is 5.91 Å². The maximum Gasteiger partial charge on any atom is 0.225 e. The number of amides is 1. The second kappa shape index (κ2) is 9.34. The molecule has 1 aromatic heterocycles. The van der Waals surface area contributed by atoms with Crippen molar-refractivity contribution in [2.45, 2.75) is 71.9 Å². The van der Waals surface area contributed by atoms with Crippen molar-refractivity contribution in [1.29, 1.82) is 0 Å². The van der Waals surface area contributed by atoms with E-state index in [1.54, 1.807) is 0 Å². The van der Waals surface area contributed by atoms with Crippen LogP contribution >= 0.6 is 0 Å². The van der Waals surface area contributed by atoms with Gasteiger partial charge in [0.15, 0.2) is 0 Å². The predicted molar refractivity (Wildman–Crippen MR) is 121 cm³/mol. The molecular weight excluding hydrogens is 372 g/mol. The lowest BCUT2D eigenvalue weighted by atomic mass is 9.88. The zero-order chi connectivity index (χ0) is 21.1. The van der Waals surface area contributed by atoms with Gasteiger partial charge in [0, 0.05) is 38.0 Å². The molecule has 1 aromatic carbocycles. The number of aromatic nitrogens is 2. The number of hydrogen-bond acceptors (Lipinski definition) is 3. The van der Waals surface area contributed by atoms with E-state index in [-0.39, 0.29) is 5.92 Å². The third kappa shape index (κ3) is 4.46. The van der Waals surface area contributed by atoms with Gasteiger partial charge in [-0.05, 0) is 44.9 Å². The predicted octanol–water partition coefficient (Wildman–Crippen LogP) is 4.49. The zero-order valence-electron chi connectivity index (χ0n) is 18.9. The van der Waals surface area contributed by atoms with Gasteiger partial charge in [-0.3, -0.25) is 9.69 Å². The van der Waals surface area contributed by atoms with Crippen molar-refractivity contribution in [2.24, 2.45) is 5.92 Å². The Hall–Kier alpha value is -2.14. The Kier molecular flexibility index (Phi) is 6.57. The number of carbonyl (C=O) groups excluding carboxylic acids is 1. The van der Waals surface area contributed by atoms with Crippen LogP contribution < -0.4 is 0 Å². The number of aryl methyl sites for hydroxylation is 1. The Labute approximate surface area is 181 Å². The van der Waals surface area contributed by atoms with Crippen molar-refractivity contribution in [3.05, 3.63) is 46.8 Å². The standard InChI is InChI=1S/C25H36N4O/c1-4-15-28-16-14-24-22(17-28)23(26-29(24)21-12-10-19(2)11-13-21)18-27(3)25(30)20-8-6-5-7-9-20/h10-13,20H,4-9,14-18H2,1-3H3. The minimum Gasteiger partial charge on any atom is -0.340 e. The van der Waals surface area contributed by atoms with E-state index in [0.717, 1.165) is 56.7 Å². The molecule has 0 radical (unpaired) electrons. The van der Waals surface area contributed by atoms with E-state index in [4.69, 9.17) is 5.10 Å². The van der Waals surface area contributed by atoms with Gasteiger partial charge < -0.3 is 4.90 Å². The number of benzene rings is 1. The van der Waals surface area contributed by atoms with Gasteiger partial charge >= 0.3 is 0 Å². The fraction of sp³-hybridized carbons (Fsp3) is 0.600. The molecule has 0 N–H and O–H groups in total. The van der Waals surface area contributed by atoms with Crippen LogP contribution in [0.25, 0.3) is 5.69 Å². The largest absolute Gasteiger partial charge is 0.340 e. The average Bonchev–Trinajstić information content (AvgIpc) is 3.12. The van der Waals surface area contributed by atoms with Gasteiger partial charge in [-0.2, -0.15) is 5.10 Å². The highest BCUT2D eigenvalue weighted by Crippen LogP contribution is 2.29. The quantitative estimate of drug-likeness (QED) is 0.707. The molecule has 0 unspecified atom stereocenters. The van der Waals surface area contributed by atoms with E-state index in [0.29, 0.717) is 12.5 Å². The van der Waals surface area contributed by atoms with E-state index in [9.17, 15) is 4.79 Å². The Morgan fingerprint density at radius 1 is 1.17 bits per heavy atom. The summed E-state index contributed by atoms with van der Waals surface area (Å²) < 4.78 is 2.13. The van der Waals surface area contributed by atoms with E-state index >= 15 is 0 Å². The molecule has 1 aliphatic carbocycles. The second-order valence-electron chi connectivity index (χ2n) is 9.17. The Morgan fingerprint density at radius 3 is 2.60 bits per heavy atom. The van der Waals surface area contributed by atoms with Crippen LogP contribution in [0, 0.1) is 12.8 Å². The summed E-state index contributed by atoms with van der Waals surface area (Å²) in [5.74, 6) is 0.505. The lowest BCUT2D eigenvalue weighted by molar-refractivity contribution is -0.135. The molecule has 0 saturated heterocycles. The van der Waals surface area contributed by atoms with Crippen LogP contribution in [0.2, 0.25) is 0 Å². The smallest absolute Gasteiger partial charge is 0.225 e. The fourth-order valence-electron chi connectivity index (χ4n) is 5.04. The van der Waals surface area contributed by atoms with Crippen LogP contribution in [0.3, 0.4) is 0 Å². The number of rotatable bonds is 6. The van der Waals surface area contributed by atoms with Crippen molar-refractivity contribution in [3.63, 3.8) is 0 Å². The van der Waals surface area contributed by atoms with Crippen molar-refractivity contribution in [2.75, 3.05) is 20.1 Å². The summed E-state index contributed by atoms with van der Waals surface area (Å²) in [5.41, 5.74) is 6.09. The van der Waals surface area contributed by atoms with E-state index in [1.807, 2.05) is 11.9 Å². The van der Waals surface area contributed by atoms with Crippen molar-refractivity contribution in [1.82, 2.24) is 19.6 Å². The van der Waals surface area contributed by atoms with Gasteiger partial charge in [-0.1, -0.05) is 43.9 Å². The molecule has 1 amide bonds. The third-order valence-corrected chi connectivity index (χ3v) is 6.76. The molecule has 5 heteroatoms. The summed E-state index contributed by atoms with van der Waals surface area (Å²) in [6, 6.07) is 8.60. The fourth-order valence-corrected chi connectivity index (χ4v) is 5.04. The maximum absolute atomic E-state index is 13.0. The summed E-state index contributed by atoms with van der Waals surface area (Å²) in [7, 11) is 1.96. The summed E-state index contributed by atoms with van der Waals surface area (Å²) >= 11 is 0. The van der Waals surface area contributed by atoms with Gasteiger partial charge in [0.1, 0.15) is 0 Å². The maximum atomic E-state index is 13.0. The monoisotopic (exact) mass is 408 g/mol.